The zero-order chi connectivity index (χ0) is 9.80. The number of piperidine rings is 2. The molecule has 3 heteroatoms. The molecule has 0 aromatic carbocycles. The summed E-state index contributed by atoms with van der Waals surface area (Å²) in [5.74, 6) is 1.59. The van der Waals surface area contributed by atoms with Gasteiger partial charge in [0.25, 0.3) is 0 Å². The first-order valence-electron chi connectivity index (χ1n) is 6.06. The van der Waals surface area contributed by atoms with E-state index < -0.39 is 0 Å². The zero-order valence-corrected chi connectivity index (χ0v) is 8.97. The van der Waals surface area contributed by atoms with Crippen molar-refractivity contribution in [3.63, 3.8) is 0 Å². The van der Waals surface area contributed by atoms with Crippen LogP contribution in [0.5, 0.6) is 0 Å². The van der Waals surface area contributed by atoms with Gasteiger partial charge in [-0.1, -0.05) is 0 Å². The van der Waals surface area contributed by atoms with Crippen LogP contribution < -0.4 is 16.4 Å². The second-order valence-corrected chi connectivity index (χ2v) is 4.71. The fourth-order valence-corrected chi connectivity index (χ4v) is 3.00. The van der Waals surface area contributed by atoms with Crippen LogP contribution >= 0.6 is 0 Å². The average Bonchev–Trinajstić information content (AvgIpc) is 2.30. The lowest BCUT2D eigenvalue weighted by molar-refractivity contribution is 0.181. The third kappa shape index (κ3) is 2.27. The molecule has 82 valence electrons. The fourth-order valence-electron chi connectivity index (χ4n) is 3.00. The highest BCUT2D eigenvalue weighted by Crippen LogP contribution is 2.26. The quantitative estimate of drug-likeness (QED) is 0.597. The smallest absolute Gasteiger partial charge is 0.0137 e. The van der Waals surface area contributed by atoms with E-state index in [9.17, 15) is 0 Å². The van der Waals surface area contributed by atoms with E-state index in [-0.39, 0.29) is 0 Å². The Hall–Kier alpha value is -0.120. The van der Waals surface area contributed by atoms with E-state index in [1.165, 1.54) is 45.3 Å². The van der Waals surface area contributed by atoms with Crippen molar-refractivity contribution in [3.05, 3.63) is 0 Å². The molecule has 2 unspecified atom stereocenters. The van der Waals surface area contributed by atoms with Crippen LogP contribution in [0.15, 0.2) is 0 Å². The van der Waals surface area contributed by atoms with Crippen LogP contribution in [-0.2, 0) is 0 Å². The average molecular weight is 197 g/mol. The lowest BCUT2D eigenvalue weighted by Crippen LogP contribution is -2.51. The van der Waals surface area contributed by atoms with Gasteiger partial charge in [-0.3, -0.25) is 0 Å². The van der Waals surface area contributed by atoms with E-state index in [2.05, 4.69) is 10.6 Å². The third-order valence-electron chi connectivity index (χ3n) is 3.83. The molecule has 0 aromatic rings. The van der Waals surface area contributed by atoms with Crippen LogP contribution in [0.3, 0.4) is 0 Å². The Kier molecular flexibility index (Phi) is 3.79. The molecule has 2 rings (SSSR count). The van der Waals surface area contributed by atoms with Crippen LogP contribution in [0.4, 0.5) is 0 Å². The van der Waals surface area contributed by atoms with E-state index in [4.69, 9.17) is 5.73 Å². The van der Waals surface area contributed by atoms with Gasteiger partial charge in [0.05, 0.1) is 0 Å². The van der Waals surface area contributed by atoms with Gasteiger partial charge in [0.2, 0.25) is 0 Å². The standard InChI is InChI=1S/C11H23N3/c12-8-10-2-1-5-14-11(10)9-3-6-13-7-4-9/h9-11,13-14H,1-8,12H2. The molecule has 2 saturated heterocycles. The highest BCUT2D eigenvalue weighted by atomic mass is 15.0. The zero-order valence-electron chi connectivity index (χ0n) is 8.97. The fraction of sp³-hybridized carbons (Fsp3) is 1.00. The summed E-state index contributed by atoms with van der Waals surface area (Å²) in [4.78, 5) is 0. The lowest BCUT2D eigenvalue weighted by Gasteiger charge is -2.39. The van der Waals surface area contributed by atoms with Gasteiger partial charge >= 0.3 is 0 Å². The van der Waals surface area contributed by atoms with Gasteiger partial charge in [0.15, 0.2) is 0 Å². The SMILES string of the molecule is NCC1CCCNC1C1CCNCC1. The summed E-state index contributed by atoms with van der Waals surface area (Å²) in [5.41, 5.74) is 5.84. The molecule has 0 aliphatic carbocycles. The number of rotatable bonds is 2. The molecule has 0 bridgehead atoms. The maximum absolute atomic E-state index is 5.84. The third-order valence-corrected chi connectivity index (χ3v) is 3.83. The summed E-state index contributed by atoms with van der Waals surface area (Å²) in [7, 11) is 0. The monoisotopic (exact) mass is 197 g/mol. The van der Waals surface area contributed by atoms with E-state index in [1.807, 2.05) is 0 Å². The van der Waals surface area contributed by atoms with Crippen molar-refractivity contribution in [3.8, 4) is 0 Å². The molecular weight excluding hydrogens is 174 g/mol. The van der Waals surface area contributed by atoms with Gasteiger partial charge < -0.3 is 16.4 Å². The van der Waals surface area contributed by atoms with Crippen molar-refractivity contribution >= 4 is 0 Å². The molecule has 0 radical (unpaired) electrons. The Labute approximate surface area is 86.8 Å². The maximum Gasteiger partial charge on any atom is 0.0137 e. The van der Waals surface area contributed by atoms with E-state index >= 15 is 0 Å². The minimum atomic E-state index is 0.704. The van der Waals surface area contributed by atoms with Crippen LogP contribution in [0, 0.1) is 11.8 Å². The van der Waals surface area contributed by atoms with Crippen molar-refractivity contribution < 1.29 is 0 Å². The van der Waals surface area contributed by atoms with Crippen LogP contribution in [0.1, 0.15) is 25.7 Å². The largest absolute Gasteiger partial charge is 0.330 e. The summed E-state index contributed by atoms with van der Waals surface area (Å²) in [6.45, 7) is 4.45. The van der Waals surface area contributed by atoms with E-state index in [0.29, 0.717) is 6.04 Å². The number of hydrogen-bond donors (Lipinski definition) is 3. The van der Waals surface area contributed by atoms with Crippen LogP contribution in [0.25, 0.3) is 0 Å². The first-order chi connectivity index (χ1) is 6.92. The second-order valence-electron chi connectivity index (χ2n) is 4.71. The summed E-state index contributed by atoms with van der Waals surface area (Å²) in [5, 5.41) is 7.11. The predicted octanol–water partition coefficient (Wildman–Crippen LogP) is 0.313. The molecule has 2 aliphatic heterocycles. The highest BCUT2D eigenvalue weighted by molar-refractivity contribution is 4.89. The molecule has 3 nitrogen and oxygen atoms in total. The Balaban J connectivity index is 1.91. The highest BCUT2D eigenvalue weighted by Gasteiger charge is 2.31. The topological polar surface area (TPSA) is 50.1 Å². The second kappa shape index (κ2) is 5.10. The Morgan fingerprint density at radius 3 is 2.57 bits per heavy atom. The number of nitrogens with two attached hydrogens (primary N) is 1. The number of nitrogens with one attached hydrogen (secondary N) is 2. The molecule has 14 heavy (non-hydrogen) atoms. The molecule has 2 heterocycles. The summed E-state index contributed by atoms with van der Waals surface area (Å²) >= 11 is 0. The minimum Gasteiger partial charge on any atom is -0.330 e. The molecular formula is C11H23N3. The molecule has 4 N–H and O–H groups in total. The van der Waals surface area contributed by atoms with Crippen molar-refractivity contribution in [2.45, 2.75) is 31.7 Å². The lowest BCUT2D eigenvalue weighted by atomic mass is 9.79. The first kappa shape index (κ1) is 10.4. The maximum atomic E-state index is 5.84. The molecule has 2 atom stereocenters. The van der Waals surface area contributed by atoms with Gasteiger partial charge in [0.1, 0.15) is 0 Å². The van der Waals surface area contributed by atoms with Gasteiger partial charge in [-0.25, -0.2) is 0 Å². The Morgan fingerprint density at radius 2 is 1.86 bits per heavy atom. The summed E-state index contributed by atoms with van der Waals surface area (Å²) < 4.78 is 0. The van der Waals surface area contributed by atoms with Crippen molar-refractivity contribution in [2.75, 3.05) is 26.2 Å². The van der Waals surface area contributed by atoms with Gasteiger partial charge in [-0.2, -0.15) is 0 Å². The minimum absolute atomic E-state index is 0.704. The molecule has 0 saturated carbocycles. The van der Waals surface area contributed by atoms with E-state index in [1.54, 1.807) is 0 Å². The molecule has 0 aromatic heterocycles. The Morgan fingerprint density at radius 1 is 1.07 bits per heavy atom. The van der Waals surface area contributed by atoms with Crippen LogP contribution in [0.2, 0.25) is 0 Å². The van der Waals surface area contributed by atoms with E-state index in [0.717, 1.165) is 18.4 Å². The van der Waals surface area contributed by atoms with Crippen molar-refractivity contribution in [1.82, 2.24) is 10.6 Å². The summed E-state index contributed by atoms with van der Waals surface area (Å²) in [6, 6.07) is 0.704. The van der Waals surface area contributed by atoms with Gasteiger partial charge in [-0.15, -0.1) is 0 Å². The van der Waals surface area contributed by atoms with Gasteiger partial charge in [0, 0.05) is 6.04 Å². The normalized spacial score (nSPS) is 35.8. The molecule has 2 fully saturated rings. The number of hydrogen-bond acceptors (Lipinski definition) is 3. The van der Waals surface area contributed by atoms with Gasteiger partial charge in [-0.05, 0) is 63.7 Å². The Bertz CT molecular complexity index is 166. The van der Waals surface area contributed by atoms with Crippen molar-refractivity contribution in [2.24, 2.45) is 17.6 Å². The molecule has 0 spiro atoms. The molecule has 2 aliphatic rings. The van der Waals surface area contributed by atoms with Crippen LogP contribution in [-0.4, -0.2) is 32.2 Å². The van der Waals surface area contributed by atoms with Crippen molar-refractivity contribution in [1.29, 1.82) is 0 Å². The summed E-state index contributed by atoms with van der Waals surface area (Å²) in [6.07, 6.45) is 5.30. The first-order valence-corrected chi connectivity index (χ1v) is 6.06. The molecule has 0 amide bonds. The predicted molar refractivity (Wildman–Crippen MR) is 59.2 cm³/mol.